The zero-order chi connectivity index (χ0) is 38.5. The first kappa shape index (κ1) is 39.5. The molecule has 0 aromatic heterocycles. The summed E-state index contributed by atoms with van der Waals surface area (Å²) in [6.45, 7) is 13.4. The van der Waals surface area contributed by atoms with E-state index in [1.165, 1.54) is 18.6 Å². The lowest BCUT2D eigenvalue weighted by Crippen LogP contribution is -2.59. The minimum Gasteiger partial charge on any atom is -0.393 e. The summed E-state index contributed by atoms with van der Waals surface area (Å²) in [4.78, 5) is 30.2. The van der Waals surface area contributed by atoms with Gasteiger partial charge in [-0.15, -0.1) is 0 Å². The molecule has 4 fully saturated rings. The van der Waals surface area contributed by atoms with Gasteiger partial charge in [-0.3, -0.25) is 4.79 Å². The number of carbonyl (C=O) groups excluding carboxylic acids is 2. The van der Waals surface area contributed by atoms with Crippen LogP contribution in [0.1, 0.15) is 138 Å². The molecule has 0 spiro atoms. The van der Waals surface area contributed by atoms with E-state index >= 15 is 0 Å². The molecule has 0 radical (unpaired) electrons. The molecular formula is C44H59F3N2O4. The van der Waals surface area contributed by atoms with Crippen molar-refractivity contribution >= 4 is 11.8 Å². The first-order chi connectivity index (χ1) is 24.8. The van der Waals surface area contributed by atoms with Crippen LogP contribution in [0.25, 0.3) is 0 Å². The molecule has 0 heterocycles. The van der Waals surface area contributed by atoms with Gasteiger partial charge in [0.05, 0.1) is 23.8 Å². The van der Waals surface area contributed by atoms with Gasteiger partial charge in [0.1, 0.15) is 0 Å². The van der Waals surface area contributed by atoms with Crippen LogP contribution in [0, 0.1) is 28.6 Å². The minimum absolute atomic E-state index is 0.0569. The van der Waals surface area contributed by atoms with Gasteiger partial charge in [0, 0.05) is 29.1 Å². The summed E-state index contributed by atoms with van der Waals surface area (Å²) in [5.41, 5.74) is 0.0857. The second-order valence-corrected chi connectivity index (χ2v) is 18.0. The van der Waals surface area contributed by atoms with Crippen LogP contribution in [0.2, 0.25) is 0 Å². The lowest BCUT2D eigenvalue weighted by Gasteiger charge is -2.60. The maximum atomic E-state index is 14.4. The molecule has 4 saturated carbocycles. The number of allylic oxidation sites excluding steroid dienone is 2. The Labute approximate surface area is 313 Å². The molecule has 8 rings (SSSR count). The lowest BCUT2D eigenvalue weighted by molar-refractivity contribution is -0.137. The maximum absolute atomic E-state index is 14.4. The third-order valence-corrected chi connectivity index (χ3v) is 14.0. The Bertz CT molecular complexity index is 1720. The summed E-state index contributed by atoms with van der Waals surface area (Å²) in [5, 5.41) is 27.1. The van der Waals surface area contributed by atoms with E-state index in [0.29, 0.717) is 74.5 Å². The molecule has 290 valence electrons. The summed E-state index contributed by atoms with van der Waals surface area (Å²) >= 11 is 0. The predicted octanol–water partition coefficient (Wildman–Crippen LogP) is 9.47. The maximum Gasteiger partial charge on any atom is 0.416 e. The monoisotopic (exact) mass is 736 g/mol. The molecule has 2 aromatic rings. The van der Waals surface area contributed by atoms with Gasteiger partial charge in [0.2, 0.25) is 0 Å². The number of halogens is 3. The number of aliphatic hydroxyl groups is 2. The first-order valence-electron chi connectivity index (χ1n) is 19.8. The highest BCUT2D eigenvalue weighted by Crippen LogP contribution is 2.62. The quantitative estimate of drug-likeness (QED) is 0.195. The number of benzene rings is 2. The Morgan fingerprint density at radius 3 is 2.45 bits per heavy atom. The fraction of sp³-hybridized carbons (Fsp3) is 0.636. The van der Waals surface area contributed by atoms with Crippen LogP contribution >= 0.6 is 0 Å². The molecule has 7 atom stereocenters. The molecular weight excluding hydrogens is 677 g/mol. The number of alkyl halides is 3. The van der Waals surface area contributed by atoms with Crippen molar-refractivity contribution in [1.82, 2.24) is 10.2 Å². The van der Waals surface area contributed by atoms with E-state index in [1.807, 2.05) is 30.9 Å². The van der Waals surface area contributed by atoms with Gasteiger partial charge in [-0.2, -0.15) is 13.2 Å². The van der Waals surface area contributed by atoms with Crippen LogP contribution in [0.4, 0.5) is 18.0 Å². The Balaban J connectivity index is 1.41. The minimum atomic E-state index is -4.60. The van der Waals surface area contributed by atoms with Crippen molar-refractivity contribution < 1.29 is 33.0 Å². The van der Waals surface area contributed by atoms with Crippen LogP contribution in [0.15, 0.2) is 54.1 Å². The van der Waals surface area contributed by atoms with Crippen molar-refractivity contribution in [3.63, 3.8) is 0 Å². The molecule has 0 aliphatic heterocycles. The van der Waals surface area contributed by atoms with E-state index < -0.39 is 34.6 Å². The van der Waals surface area contributed by atoms with Crippen LogP contribution in [-0.2, 0) is 12.6 Å². The van der Waals surface area contributed by atoms with Crippen LogP contribution in [0.5, 0.6) is 0 Å². The SMILES string of the molecule is CC1=CCC[C@@]2(C)[C@@H](CC[C@@]2(O)CN(C[C@@H]2CC[C@H]3C[C@@H]2C3(C)C)C(=O)NC(C)C)c2ccc(cc2C(=O)c2cccc(C(F)(F)F)c2)C[C@@H](O)CC1. The van der Waals surface area contributed by atoms with E-state index in [2.05, 4.69) is 39.1 Å². The summed E-state index contributed by atoms with van der Waals surface area (Å²) in [6.07, 6.45) is 4.05. The number of hydrogen-bond acceptors (Lipinski definition) is 4. The van der Waals surface area contributed by atoms with Crippen molar-refractivity contribution in [3.05, 3.63) is 81.9 Å². The Kier molecular flexibility index (Phi) is 11.0. The van der Waals surface area contributed by atoms with Crippen molar-refractivity contribution in [2.45, 2.75) is 136 Å². The third-order valence-electron chi connectivity index (χ3n) is 14.0. The highest BCUT2D eigenvalue weighted by Gasteiger charge is 2.59. The average molecular weight is 737 g/mol. The molecule has 6 nitrogen and oxygen atoms in total. The molecule has 2 amide bonds. The van der Waals surface area contributed by atoms with Crippen LogP contribution in [-0.4, -0.2) is 57.8 Å². The van der Waals surface area contributed by atoms with E-state index in [1.54, 1.807) is 6.07 Å². The van der Waals surface area contributed by atoms with Crippen LogP contribution < -0.4 is 5.32 Å². The highest BCUT2D eigenvalue weighted by molar-refractivity contribution is 6.10. The fourth-order valence-corrected chi connectivity index (χ4v) is 10.5. The highest BCUT2D eigenvalue weighted by atomic mass is 19.4. The molecule has 9 heteroatoms. The van der Waals surface area contributed by atoms with Gasteiger partial charge in [-0.25, -0.2) is 4.79 Å². The number of ketones is 1. The largest absolute Gasteiger partial charge is 0.416 e. The second-order valence-electron chi connectivity index (χ2n) is 18.0. The van der Waals surface area contributed by atoms with E-state index in [9.17, 15) is 33.0 Å². The average Bonchev–Trinajstić information content (AvgIpc) is 3.34. The molecule has 53 heavy (non-hydrogen) atoms. The van der Waals surface area contributed by atoms with Crippen molar-refractivity contribution in [1.29, 1.82) is 0 Å². The Hall–Kier alpha value is -3.17. The normalized spacial score (nSPS) is 31.2. The van der Waals surface area contributed by atoms with Crippen molar-refractivity contribution in [3.8, 4) is 0 Å². The van der Waals surface area contributed by atoms with E-state index in [-0.39, 0.29) is 35.5 Å². The van der Waals surface area contributed by atoms with Gasteiger partial charge in [-0.05, 0) is 143 Å². The molecule has 4 bridgehead atoms. The van der Waals surface area contributed by atoms with E-state index in [4.69, 9.17) is 0 Å². The molecule has 2 aromatic carbocycles. The first-order valence-corrected chi connectivity index (χ1v) is 19.8. The van der Waals surface area contributed by atoms with Gasteiger partial charge < -0.3 is 20.4 Å². The van der Waals surface area contributed by atoms with Gasteiger partial charge in [-0.1, -0.05) is 56.7 Å². The lowest BCUT2D eigenvalue weighted by atomic mass is 9.45. The third kappa shape index (κ3) is 7.85. The number of nitrogens with zero attached hydrogens (tertiary/aromatic N) is 1. The number of rotatable bonds is 7. The molecule has 0 saturated heterocycles. The van der Waals surface area contributed by atoms with Crippen LogP contribution in [0.3, 0.4) is 0 Å². The summed E-state index contributed by atoms with van der Waals surface area (Å²) in [5.74, 6) is 0.768. The zero-order valence-electron chi connectivity index (χ0n) is 32.4. The number of fused-ring (bicyclic) bond motifs is 10. The van der Waals surface area contributed by atoms with Gasteiger partial charge in [0.15, 0.2) is 5.78 Å². The predicted molar refractivity (Wildman–Crippen MR) is 202 cm³/mol. The van der Waals surface area contributed by atoms with E-state index in [0.717, 1.165) is 42.0 Å². The number of carbonyl (C=O) groups is 2. The number of urea groups is 1. The molecule has 3 N–H and O–H groups in total. The topological polar surface area (TPSA) is 89.9 Å². The number of nitrogens with one attached hydrogen (secondary N) is 1. The summed E-state index contributed by atoms with van der Waals surface area (Å²) in [6, 6.07) is 9.84. The standard InChI is InChI=1S/C44H59F3N2O4/c1-27(2)48-40(52)49(25-31-14-15-32-24-38(31)41(32,4)5)26-43(53)20-18-37-35-17-13-29(21-34(50)16-12-28(3)9-8-19-42(37,43)6)22-36(35)39(51)30-10-7-11-33(23-30)44(45,46)47/h7,9-11,13,17,22-23,27,31-32,34,37-38,50,53H,8,12,14-16,18-21,24-26H2,1-6H3,(H,48,52)/t31-,32-,34-,37-,38-,42-,43+/m0/s1. The van der Waals surface area contributed by atoms with Crippen molar-refractivity contribution in [2.24, 2.45) is 28.6 Å². The second kappa shape index (κ2) is 14.8. The zero-order valence-corrected chi connectivity index (χ0v) is 32.4. The summed E-state index contributed by atoms with van der Waals surface area (Å²) in [7, 11) is 0. The summed E-state index contributed by atoms with van der Waals surface area (Å²) < 4.78 is 41.3. The molecule has 6 aliphatic rings. The Morgan fingerprint density at radius 2 is 1.77 bits per heavy atom. The number of hydrogen-bond donors (Lipinski definition) is 3. The fourth-order valence-electron chi connectivity index (χ4n) is 10.5. The van der Waals surface area contributed by atoms with Gasteiger partial charge >= 0.3 is 12.2 Å². The Morgan fingerprint density at radius 1 is 1.02 bits per heavy atom. The number of aliphatic hydroxyl groups excluding tert-OH is 1. The number of amides is 2. The smallest absolute Gasteiger partial charge is 0.393 e. The molecule has 6 aliphatic carbocycles. The van der Waals surface area contributed by atoms with Gasteiger partial charge in [0.25, 0.3) is 0 Å². The van der Waals surface area contributed by atoms with Crippen molar-refractivity contribution in [2.75, 3.05) is 13.1 Å². The molecule has 0 unspecified atom stereocenters.